The van der Waals surface area contributed by atoms with Gasteiger partial charge in [0.05, 0.1) is 17.1 Å². The second-order valence-electron chi connectivity index (χ2n) is 11.0. The van der Waals surface area contributed by atoms with E-state index in [0.29, 0.717) is 0 Å². The SMILES string of the molecule is Cc1ccncc1-c1cc(C)c(-c2c3ccccc3c(-c3cnc(-c4ncccc4C)cc3C)c3ccccc23)cn1. The van der Waals surface area contributed by atoms with Crippen molar-refractivity contribution in [3.05, 3.63) is 132 Å². The molecule has 0 bridgehead atoms. The quantitative estimate of drug-likeness (QED) is 0.208. The van der Waals surface area contributed by atoms with Gasteiger partial charge < -0.3 is 0 Å². The maximum Gasteiger partial charge on any atom is 0.0915 e. The van der Waals surface area contributed by atoms with Crippen LogP contribution < -0.4 is 0 Å². The Labute approximate surface area is 245 Å². The van der Waals surface area contributed by atoms with Gasteiger partial charge in [-0.25, -0.2) is 0 Å². The lowest BCUT2D eigenvalue weighted by Gasteiger charge is -2.20. The molecule has 4 nitrogen and oxygen atoms in total. The number of hydrogen-bond acceptors (Lipinski definition) is 4. The highest BCUT2D eigenvalue weighted by Crippen LogP contribution is 2.45. The fourth-order valence-corrected chi connectivity index (χ4v) is 6.11. The lowest BCUT2D eigenvalue weighted by atomic mass is 9.84. The maximum absolute atomic E-state index is 4.94. The summed E-state index contributed by atoms with van der Waals surface area (Å²) < 4.78 is 0. The number of hydrogen-bond donors (Lipinski definition) is 0. The van der Waals surface area contributed by atoms with Gasteiger partial charge in [0.2, 0.25) is 0 Å². The Hall–Kier alpha value is -5.22. The summed E-state index contributed by atoms with van der Waals surface area (Å²) >= 11 is 0. The van der Waals surface area contributed by atoms with E-state index in [0.717, 1.165) is 44.9 Å². The molecule has 0 aliphatic rings. The molecule has 0 aliphatic carbocycles. The fraction of sp³-hybridized carbons (Fsp3) is 0.105. The molecule has 0 atom stereocenters. The molecule has 4 heterocycles. The number of pyridine rings is 4. The van der Waals surface area contributed by atoms with Crippen molar-refractivity contribution in [2.45, 2.75) is 27.7 Å². The van der Waals surface area contributed by atoms with E-state index in [1.54, 1.807) is 0 Å². The lowest BCUT2D eigenvalue weighted by Crippen LogP contribution is -1.97. The Morgan fingerprint density at radius 2 is 0.976 bits per heavy atom. The number of aromatic nitrogens is 4. The molecule has 0 saturated heterocycles. The Morgan fingerprint density at radius 3 is 1.50 bits per heavy atom. The summed E-state index contributed by atoms with van der Waals surface area (Å²) in [7, 11) is 0. The van der Waals surface area contributed by atoms with Gasteiger partial charge in [0.15, 0.2) is 0 Å². The number of rotatable bonds is 4. The number of fused-ring (bicyclic) bond motifs is 2. The molecular formula is C38H30N4. The first-order chi connectivity index (χ1) is 20.5. The van der Waals surface area contributed by atoms with Gasteiger partial charge >= 0.3 is 0 Å². The van der Waals surface area contributed by atoms with Crippen LogP contribution >= 0.6 is 0 Å². The molecule has 42 heavy (non-hydrogen) atoms. The van der Waals surface area contributed by atoms with Gasteiger partial charge in [-0.2, -0.15) is 0 Å². The summed E-state index contributed by atoms with van der Waals surface area (Å²) in [4.78, 5) is 18.8. The molecule has 0 unspecified atom stereocenters. The minimum atomic E-state index is 0.894. The third-order valence-corrected chi connectivity index (χ3v) is 8.26. The van der Waals surface area contributed by atoms with Crippen LogP contribution in [0.5, 0.6) is 0 Å². The smallest absolute Gasteiger partial charge is 0.0915 e. The number of nitrogens with zero attached hydrogens (tertiary/aromatic N) is 4. The van der Waals surface area contributed by atoms with Crippen LogP contribution in [-0.4, -0.2) is 19.9 Å². The van der Waals surface area contributed by atoms with E-state index < -0.39 is 0 Å². The zero-order valence-corrected chi connectivity index (χ0v) is 24.2. The molecule has 0 aliphatic heterocycles. The van der Waals surface area contributed by atoms with E-state index >= 15 is 0 Å². The van der Waals surface area contributed by atoms with Crippen molar-refractivity contribution < 1.29 is 0 Å². The van der Waals surface area contributed by atoms with Crippen LogP contribution in [0, 0.1) is 27.7 Å². The predicted molar refractivity (Wildman–Crippen MR) is 173 cm³/mol. The van der Waals surface area contributed by atoms with Crippen molar-refractivity contribution in [2.24, 2.45) is 0 Å². The van der Waals surface area contributed by atoms with Gasteiger partial charge in [-0.3, -0.25) is 19.9 Å². The number of benzene rings is 3. The molecule has 4 heteroatoms. The first-order valence-corrected chi connectivity index (χ1v) is 14.2. The van der Waals surface area contributed by atoms with Gasteiger partial charge in [0.25, 0.3) is 0 Å². The zero-order valence-electron chi connectivity index (χ0n) is 24.2. The second kappa shape index (κ2) is 10.3. The highest BCUT2D eigenvalue weighted by Gasteiger charge is 2.20. The lowest BCUT2D eigenvalue weighted by molar-refractivity contribution is 1.20. The zero-order chi connectivity index (χ0) is 28.8. The van der Waals surface area contributed by atoms with Crippen LogP contribution in [0.15, 0.2) is 110 Å². The molecule has 0 fully saturated rings. The predicted octanol–water partition coefficient (Wildman–Crippen LogP) is 9.47. The first kappa shape index (κ1) is 25.7. The van der Waals surface area contributed by atoms with E-state index in [2.05, 4.69) is 104 Å². The fourth-order valence-electron chi connectivity index (χ4n) is 6.11. The second-order valence-corrected chi connectivity index (χ2v) is 11.0. The molecule has 7 rings (SSSR count). The van der Waals surface area contributed by atoms with Crippen molar-refractivity contribution in [2.75, 3.05) is 0 Å². The largest absolute Gasteiger partial charge is 0.264 e. The van der Waals surface area contributed by atoms with Gasteiger partial charge in [-0.15, -0.1) is 0 Å². The molecule has 4 aromatic heterocycles. The van der Waals surface area contributed by atoms with Crippen molar-refractivity contribution in [3.8, 4) is 44.9 Å². The third kappa shape index (κ3) is 4.24. The summed E-state index contributed by atoms with van der Waals surface area (Å²) in [6.45, 7) is 8.52. The average molecular weight is 543 g/mol. The highest BCUT2D eigenvalue weighted by atomic mass is 14.8. The summed E-state index contributed by atoms with van der Waals surface area (Å²) in [5, 5.41) is 4.80. The van der Waals surface area contributed by atoms with Crippen LogP contribution in [0.4, 0.5) is 0 Å². The third-order valence-electron chi connectivity index (χ3n) is 8.26. The first-order valence-electron chi connectivity index (χ1n) is 14.2. The molecular weight excluding hydrogens is 512 g/mol. The van der Waals surface area contributed by atoms with Crippen LogP contribution in [0.3, 0.4) is 0 Å². The molecule has 0 saturated carbocycles. The van der Waals surface area contributed by atoms with Gasteiger partial charge in [0.1, 0.15) is 0 Å². The van der Waals surface area contributed by atoms with Gasteiger partial charge in [-0.1, -0.05) is 54.6 Å². The molecule has 3 aromatic carbocycles. The summed E-state index contributed by atoms with van der Waals surface area (Å²) in [6, 6.07) is 27.8. The van der Waals surface area contributed by atoms with Crippen LogP contribution in [-0.2, 0) is 0 Å². The Morgan fingerprint density at radius 1 is 0.429 bits per heavy atom. The Kier molecular flexibility index (Phi) is 6.32. The van der Waals surface area contributed by atoms with Crippen molar-refractivity contribution >= 4 is 21.5 Å². The summed E-state index contributed by atoms with van der Waals surface area (Å²) in [6.07, 6.45) is 9.60. The monoisotopic (exact) mass is 542 g/mol. The topological polar surface area (TPSA) is 51.6 Å². The van der Waals surface area contributed by atoms with Crippen LogP contribution in [0.25, 0.3) is 66.4 Å². The van der Waals surface area contributed by atoms with Crippen LogP contribution in [0.1, 0.15) is 22.3 Å². The standard InChI is InChI=1S/C38H30N4/c1-23-15-17-39-20-31(23)34-18-25(3)32(21-41-34)36-27-11-5-7-13-29(27)37(30-14-8-6-12-28(30)36)33-22-42-35(19-26(33)4)38-24(2)10-9-16-40-38/h5-22H,1-4H3. The Bertz CT molecular complexity index is 1940. The molecule has 202 valence electrons. The minimum absolute atomic E-state index is 0.894. The molecule has 0 radical (unpaired) electrons. The van der Waals surface area contributed by atoms with E-state index in [-0.39, 0.29) is 0 Å². The highest BCUT2D eigenvalue weighted by molar-refractivity contribution is 6.21. The maximum atomic E-state index is 4.94. The molecule has 7 aromatic rings. The summed E-state index contributed by atoms with van der Waals surface area (Å²) in [5.41, 5.74) is 13.1. The molecule has 0 amide bonds. The molecule has 0 N–H and O–H groups in total. The molecule has 0 spiro atoms. The Balaban J connectivity index is 1.47. The van der Waals surface area contributed by atoms with E-state index in [1.165, 1.54) is 43.8 Å². The van der Waals surface area contributed by atoms with Crippen molar-refractivity contribution in [1.82, 2.24) is 19.9 Å². The average Bonchev–Trinajstić information content (AvgIpc) is 3.01. The number of aryl methyl sites for hydroxylation is 4. The van der Waals surface area contributed by atoms with E-state index in [4.69, 9.17) is 9.97 Å². The van der Waals surface area contributed by atoms with Gasteiger partial charge in [-0.05, 0) is 107 Å². The van der Waals surface area contributed by atoms with Gasteiger partial charge in [0, 0.05) is 47.7 Å². The van der Waals surface area contributed by atoms with E-state index in [1.807, 2.05) is 43.1 Å². The van der Waals surface area contributed by atoms with E-state index in [9.17, 15) is 0 Å². The normalized spacial score (nSPS) is 11.3. The summed E-state index contributed by atoms with van der Waals surface area (Å²) in [5.74, 6) is 0. The van der Waals surface area contributed by atoms with Crippen molar-refractivity contribution in [3.63, 3.8) is 0 Å². The van der Waals surface area contributed by atoms with Crippen molar-refractivity contribution in [1.29, 1.82) is 0 Å². The van der Waals surface area contributed by atoms with Crippen LogP contribution in [0.2, 0.25) is 0 Å². The minimum Gasteiger partial charge on any atom is -0.264 e.